The third-order valence-electron chi connectivity index (χ3n) is 9.47. The van der Waals surface area contributed by atoms with E-state index in [9.17, 15) is 31.1 Å². The fourth-order valence-electron chi connectivity index (χ4n) is 6.26. The van der Waals surface area contributed by atoms with Crippen LogP contribution in [0.5, 0.6) is 0 Å². The van der Waals surface area contributed by atoms with Crippen molar-refractivity contribution in [1.82, 2.24) is 33.6 Å². The minimum absolute atomic E-state index is 0.0745. The average Bonchev–Trinajstić information content (AvgIpc) is 3.72. The first-order chi connectivity index (χ1) is 24.3. The van der Waals surface area contributed by atoms with E-state index in [0.717, 1.165) is 22.6 Å². The van der Waals surface area contributed by atoms with Crippen LogP contribution in [0.4, 0.5) is 34.9 Å². The molecule has 3 fully saturated rings. The summed E-state index contributed by atoms with van der Waals surface area (Å²) in [6.45, 7) is 2.13. The molecule has 1 saturated carbocycles. The molecule has 2 saturated heterocycles. The first-order valence-corrected chi connectivity index (χ1v) is 18.1. The number of nitrogens with one attached hydrogen (secondary N) is 1. The van der Waals surface area contributed by atoms with E-state index in [1.165, 1.54) is 28.1 Å². The Balaban J connectivity index is 1.15. The van der Waals surface area contributed by atoms with Gasteiger partial charge in [0.25, 0.3) is 22.4 Å². The number of aliphatic hydroxyl groups excluding tert-OH is 1. The van der Waals surface area contributed by atoms with E-state index in [-0.39, 0.29) is 24.4 Å². The first kappa shape index (κ1) is 34.9. The van der Waals surface area contributed by atoms with Gasteiger partial charge in [-0.15, -0.1) is 0 Å². The SMILES string of the molecule is CC1(CO)CCN(c2cc(Nc3ccnc(-c4cnn(S(=O)(=O)C5CC5)c4)n3)ncc2C#Cc2cc(CN3CC(F)(F)C3)n(CC(F)F)c2)CC1. The van der Waals surface area contributed by atoms with Gasteiger partial charge in [0.1, 0.15) is 11.6 Å². The Hall–Kier alpha value is -4.53. The van der Waals surface area contributed by atoms with Crippen LogP contribution in [-0.4, -0.2) is 97.5 Å². The Morgan fingerprint density at radius 2 is 1.82 bits per heavy atom. The quantitative estimate of drug-likeness (QED) is 0.170. The molecule has 3 aliphatic rings. The summed E-state index contributed by atoms with van der Waals surface area (Å²) in [5, 5.41) is 16.7. The van der Waals surface area contributed by atoms with E-state index in [0.29, 0.717) is 60.0 Å². The lowest BCUT2D eigenvalue weighted by Gasteiger charge is -2.39. The van der Waals surface area contributed by atoms with Crippen molar-refractivity contribution in [3.05, 3.63) is 66.0 Å². The van der Waals surface area contributed by atoms with Crippen LogP contribution in [0.2, 0.25) is 0 Å². The van der Waals surface area contributed by atoms with Crippen LogP contribution >= 0.6 is 0 Å². The predicted molar refractivity (Wildman–Crippen MR) is 181 cm³/mol. The van der Waals surface area contributed by atoms with Gasteiger partial charge in [0.15, 0.2) is 5.82 Å². The number of piperidine rings is 1. The van der Waals surface area contributed by atoms with Gasteiger partial charge in [0.05, 0.1) is 54.1 Å². The number of aromatic nitrogens is 6. The van der Waals surface area contributed by atoms with E-state index in [4.69, 9.17) is 0 Å². The second-order valence-corrected chi connectivity index (χ2v) is 15.9. The zero-order valence-corrected chi connectivity index (χ0v) is 28.6. The number of hydrogen-bond donors (Lipinski definition) is 2. The molecule has 12 nitrogen and oxygen atoms in total. The number of hydrogen-bond acceptors (Lipinski definition) is 10. The summed E-state index contributed by atoms with van der Waals surface area (Å²) in [5.74, 6) is 4.59. The van der Waals surface area contributed by atoms with E-state index in [2.05, 4.69) is 42.1 Å². The third-order valence-corrected chi connectivity index (χ3v) is 11.5. The van der Waals surface area contributed by atoms with Gasteiger partial charge in [-0.25, -0.2) is 40.9 Å². The lowest BCUT2D eigenvalue weighted by molar-refractivity contribution is -0.134. The molecule has 51 heavy (non-hydrogen) atoms. The molecule has 4 aromatic rings. The summed E-state index contributed by atoms with van der Waals surface area (Å²) >= 11 is 0. The van der Waals surface area contributed by atoms with Crippen LogP contribution in [0.3, 0.4) is 0 Å². The molecule has 6 heterocycles. The van der Waals surface area contributed by atoms with Gasteiger partial charge in [-0.3, -0.25) is 4.90 Å². The highest BCUT2D eigenvalue weighted by Crippen LogP contribution is 2.35. The second kappa shape index (κ2) is 13.5. The number of pyridine rings is 1. The molecule has 0 unspecified atom stereocenters. The summed E-state index contributed by atoms with van der Waals surface area (Å²) in [7, 11) is -3.54. The van der Waals surface area contributed by atoms with Crippen molar-refractivity contribution in [2.45, 2.75) is 63.3 Å². The molecule has 7 rings (SSSR count). The van der Waals surface area contributed by atoms with Gasteiger partial charge in [-0.05, 0) is 43.2 Å². The molecule has 0 amide bonds. The molecule has 2 aliphatic heterocycles. The molecular formula is C34H37F4N9O3S. The van der Waals surface area contributed by atoms with Gasteiger partial charge in [0, 0.05) is 62.2 Å². The van der Waals surface area contributed by atoms with Crippen molar-refractivity contribution in [1.29, 1.82) is 0 Å². The van der Waals surface area contributed by atoms with Gasteiger partial charge in [-0.2, -0.15) is 9.19 Å². The highest BCUT2D eigenvalue weighted by Gasteiger charge is 2.44. The molecule has 0 spiro atoms. The zero-order chi connectivity index (χ0) is 36.0. The van der Waals surface area contributed by atoms with Crippen LogP contribution < -0.4 is 10.2 Å². The maximum Gasteiger partial charge on any atom is 0.272 e. The molecule has 0 radical (unpaired) electrons. The van der Waals surface area contributed by atoms with Gasteiger partial charge in [-0.1, -0.05) is 18.8 Å². The van der Waals surface area contributed by atoms with Gasteiger partial charge in [0.2, 0.25) is 0 Å². The van der Waals surface area contributed by atoms with Crippen molar-refractivity contribution in [3.8, 4) is 23.2 Å². The first-order valence-electron chi connectivity index (χ1n) is 16.6. The number of halogens is 4. The zero-order valence-electron chi connectivity index (χ0n) is 27.8. The molecule has 17 heteroatoms. The highest BCUT2D eigenvalue weighted by molar-refractivity contribution is 7.90. The normalized spacial score (nSPS) is 18.7. The largest absolute Gasteiger partial charge is 0.396 e. The number of aliphatic hydroxyl groups is 1. The second-order valence-electron chi connectivity index (χ2n) is 13.8. The van der Waals surface area contributed by atoms with Crippen LogP contribution in [0, 0.1) is 17.3 Å². The van der Waals surface area contributed by atoms with Crippen molar-refractivity contribution < 1.29 is 31.1 Å². The van der Waals surface area contributed by atoms with E-state index < -0.39 is 47.3 Å². The predicted octanol–water partition coefficient (Wildman–Crippen LogP) is 4.34. The van der Waals surface area contributed by atoms with E-state index in [1.807, 2.05) is 13.0 Å². The molecular weight excluding hydrogens is 690 g/mol. The van der Waals surface area contributed by atoms with E-state index >= 15 is 0 Å². The van der Waals surface area contributed by atoms with Crippen LogP contribution in [-0.2, 0) is 23.1 Å². The van der Waals surface area contributed by atoms with Crippen molar-refractivity contribution in [2.24, 2.45) is 5.41 Å². The lowest BCUT2D eigenvalue weighted by Crippen LogP contribution is -2.55. The fraction of sp³-hybridized carbons (Fsp3) is 0.471. The Labute approximate surface area is 292 Å². The van der Waals surface area contributed by atoms with Gasteiger partial charge >= 0.3 is 0 Å². The fourth-order valence-corrected chi connectivity index (χ4v) is 7.73. The maximum atomic E-state index is 13.4. The molecule has 0 bridgehead atoms. The Morgan fingerprint density at radius 1 is 1.06 bits per heavy atom. The molecule has 0 aromatic carbocycles. The molecule has 0 atom stereocenters. The third kappa shape index (κ3) is 7.87. The number of rotatable bonds is 11. The standard InChI is InChI=1S/C34H37F4N9O3S/c1-33(22-48)7-10-45(11-8-33)28-13-31(42-30-6-9-39-32(43-30)25-15-41-47(17-25)51(49,50)27-4-5-27)40-14-24(28)3-2-23-12-26(46(16-23)19-29(35)36)18-44-20-34(37,38)21-44/h6,9,12-17,27,29,48H,4-5,7-8,10-11,18-22H2,1H3,(H,39,40,42,43). The number of nitrogens with zero attached hydrogens (tertiary/aromatic N) is 8. The Bertz CT molecular complexity index is 2070. The number of likely N-dealkylation sites (tertiary alicyclic amines) is 1. The number of alkyl halides is 4. The van der Waals surface area contributed by atoms with Crippen molar-refractivity contribution in [3.63, 3.8) is 0 Å². The molecule has 1 aliphatic carbocycles. The van der Waals surface area contributed by atoms with Crippen LogP contribution in [0.1, 0.15) is 49.4 Å². The monoisotopic (exact) mass is 727 g/mol. The minimum atomic E-state index is -3.54. The average molecular weight is 728 g/mol. The van der Waals surface area contributed by atoms with Crippen LogP contribution in [0.15, 0.2) is 49.2 Å². The molecule has 4 aromatic heterocycles. The number of anilines is 3. The van der Waals surface area contributed by atoms with Crippen molar-refractivity contribution in [2.75, 3.05) is 43.0 Å². The highest BCUT2D eigenvalue weighted by atomic mass is 32.2. The lowest BCUT2D eigenvalue weighted by atomic mass is 9.81. The topological polar surface area (TPSA) is 134 Å². The Morgan fingerprint density at radius 3 is 2.51 bits per heavy atom. The minimum Gasteiger partial charge on any atom is -0.396 e. The summed E-state index contributed by atoms with van der Waals surface area (Å²) in [4.78, 5) is 17.1. The van der Waals surface area contributed by atoms with E-state index in [1.54, 1.807) is 24.5 Å². The summed E-state index contributed by atoms with van der Waals surface area (Å²) in [6, 6.07) is 5.14. The van der Waals surface area contributed by atoms with Crippen molar-refractivity contribution >= 4 is 27.3 Å². The molecule has 2 N–H and O–H groups in total. The smallest absolute Gasteiger partial charge is 0.272 e. The maximum absolute atomic E-state index is 13.4. The Kier molecular flexibility index (Phi) is 9.27. The molecule has 270 valence electrons. The summed E-state index contributed by atoms with van der Waals surface area (Å²) in [5.41, 5.74) is 2.55. The van der Waals surface area contributed by atoms with Gasteiger partial charge < -0.3 is 19.9 Å². The summed E-state index contributed by atoms with van der Waals surface area (Å²) < 4.78 is 81.1. The summed E-state index contributed by atoms with van der Waals surface area (Å²) in [6.07, 6.45) is 7.58. The van der Waals surface area contributed by atoms with Crippen LogP contribution in [0.25, 0.3) is 11.4 Å².